The monoisotopic (exact) mass is 237 g/mol. The lowest BCUT2D eigenvalue weighted by Crippen LogP contribution is -2.62. The Morgan fingerprint density at radius 2 is 2.29 bits per heavy atom. The standard InChI is InChI=1S/C13H23N3O/c1-5-14-11-7-12(13(11,3)4)17-10-8-15-16(6-2)9-10/h8-9,11-12,14H,5-7H2,1-4H3. The SMILES string of the molecule is CCNC1CC(Oc2cnn(CC)c2)C1(C)C. The third-order valence-electron chi connectivity index (χ3n) is 3.84. The summed E-state index contributed by atoms with van der Waals surface area (Å²) in [4.78, 5) is 0. The highest BCUT2D eigenvalue weighted by Gasteiger charge is 2.49. The van der Waals surface area contributed by atoms with Gasteiger partial charge in [0.2, 0.25) is 0 Å². The Bertz CT molecular complexity index is 372. The Morgan fingerprint density at radius 1 is 1.53 bits per heavy atom. The molecule has 0 aliphatic heterocycles. The molecule has 4 heteroatoms. The molecule has 1 aromatic heterocycles. The lowest BCUT2D eigenvalue weighted by Gasteiger charge is -2.51. The van der Waals surface area contributed by atoms with E-state index in [-0.39, 0.29) is 5.41 Å². The van der Waals surface area contributed by atoms with Crippen molar-refractivity contribution in [3.63, 3.8) is 0 Å². The molecule has 0 aromatic carbocycles. The van der Waals surface area contributed by atoms with Crippen molar-refractivity contribution in [1.29, 1.82) is 0 Å². The van der Waals surface area contributed by atoms with Crippen LogP contribution in [0.5, 0.6) is 5.75 Å². The number of rotatable bonds is 5. The number of hydrogen-bond acceptors (Lipinski definition) is 3. The van der Waals surface area contributed by atoms with Crippen LogP contribution in [0, 0.1) is 5.41 Å². The first-order chi connectivity index (χ1) is 8.07. The highest BCUT2D eigenvalue weighted by Crippen LogP contribution is 2.42. The van der Waals surface area contributed by atoms with Crippen LogP contribution >= 0.6 is 0 Å². The Hall–Kier alpha value is -1.03. The molecule has 2 rings (SSSR count). The maximum atomic E-state index is 6.00. The number of aromatic nitrogens is 2. The Balaban J connectivity index is 1.93. The van der Waals surface area contributed by atoms with Crippen molar-refractivity contribution in [2.45, 2.75) is 52.8 Å². The molecule has 0 spiro atoms. The fourth-order valence-electron chi connectivity index (χ4n) is 2.42. The van der Waals surface area contributed by atoms with E-state index in [9.17, 15) is 0 Å². The number of aryl methyl sites for hydroxylation is 1. The first kappa shape index (κ1) is 12.4. The number of nitrogens with zero attached hydrogens (tertiary/aromatic N) is 2. The van der Waals surface area contributed by atoms with Gasteiger partial charge in [-0.2, -0.15) is 5.10 Å². The highest BCUT2D eigenvalue weighted by atomic mass is 16.5. The van der Waals surface area contributed by atoms with Crippen molar-refractivity contribution in [2.24, 2.45) is 5.41 Å². The van der Waals surface area contributed by atoms with E-state index in [4.69, 9.17) is 4.74 Å². The van der Waals surface area contributed by atoms with Gasteiger partial charge in [0, 0.05) is 24.4 Å². The largest absolute Gasteiger partial charge is 0.486 e. The van der Waals surface area contributed by atoms with Gasteiger partial charge in [-0.3, -0.25) is 4.68 Å². The van der Waals surface area contributed by atoms with Gasteiger partial charge in [-0.05, 0) is 13.5 Å². The van der Waals surface area contributed by atoms with Crippen LogP contribution in [-0.2, 0) is 6.54 Å². The average Bonchev–Trinajstić information content (AvgIpc) is 2.75. The topological polar surface area (TPSA) is 39.1 Å². The third-order valence-corrected chi connectivity index (χ3v) is 3.84. The van der Waals surface area contributed by atoms with Crippen LogP contribution < -0.4 is 10.1 Å². The summed E-state index contributed by atoms with van der Waals surface area (Å²) in [6.45, 7) is 10.7. The zero-order chi connectivity index (χ0) is 12.5. The van der Waals surface area contributed by atoms with Gasteiger partial charge >= 0.3 is 0 Å². The van der Waals surface area contributed by atoms with Gasteiger partial charge in [-0.25, -0.2) is 0 Å². The third kappa shape index (κ3) is 2.32. The van der Waals surface area contributed by atoms with E-state index in [1.165, 1.54) is 0 Å². The van der Waals surface area contributed by atoms with Crippen LogP contribution in [-0.4, -0.2) is 28.5 Å². The van der Waals surface area contributed by atoms with Crippen molar-refractivity contribution in [1.82, 2.24) is 15.1 Å². The Labute approximate surface area is 103 Å². The summed E-state index contributed by atoms with van der Waals surface area (Å²) in [6, 6.07) is 0.568. The molecule has 0 amide bonds. The molecule has 0 saturated heterocycles. The molecule has 2 unspecified atom stereocenters. The summed E-state index contributed by atoms with van der Waals surface area (Å²) in [5.74, 6) is 0.889. The van der Waals surface area contributed by atoms with Crippen LogP contribution in [0.1, 0.15) is 34.1 Å². The smallest absolute Gasteiger partial charge is 0.157 e. The van der Waals surface area contributed by atoms with Crippen LogP contribution in [0.2, 0.25) is 0 Å². The van der Waals surface area contributed by atoms with Crippen LogP contribution in [0.25, 0.3) is 0 Å². The molecule has 1 aliphatic rings. The molecule has 0 radical (unpaired) electrons. The van der Waals surface area contributed by atoms with Gasteiger partial charge < -0.3 is 10.1 Å². The summed E-state index contributed by atoms with van der Waals surface area (Å²) in [5.41, 5.74) is 0.199. The number of hydrogen-bond donors (Lipinski definition) is 1. The number of ether oxygens (including phenoxy) is 1. The van der Waals surface area contributed by atoms with Crippen molar-refractivity contribution < 1.29 is 4.74 Å². The molecule has 1 aliphatic carbocycles. The first-order valence-corrected chi connectivity index (χ1v) is 6.50. The Kier molecular flexibility index (Phi) is 3.43. The zero-order valence-corrected chi connectivity index (χ0v) is 11.2. The zero-order valence-electron chi connectivity index (χ0n) is 11.2. The predicted molar refractivity (Wildman–Crippen MR) is 68.2 cm³/mol. The minimum atomic E-state index is 0.199. The van der Waals surface area contributed by atoms with Crippen molar-refractivity contribution in [3.05, 3.63) is 12.4 Å². The van der Waals surface area contributed by atoms with Crippen molar-refractivity contribution >= 4 is 0 Å². The lowest BCUT2D eigenvalue weighted by atomic mass is 9.64. The van der Waals surface area contributed by atoms with Crippen molar-refractivity contribution in [3.8, 4) is 5.75 Å². The summed E-state index contributed by atoms with van der Waals surface area (Å²) in [6.07, 6.45) is 5.15. The van der Waals surface area contributed by atoms with E-state index in [1.54, 1.807) is 6.20 Å². The molecule has 96 valence electrons. The molecular weight excluding hydrogens is 214 g/mol. The minimum Gasteiger partial charge on any atom is -0.486 e. The minimum absolute atomic E-state index is 0.199. The lowest BCUT2D eigenvalue weighted by molar-refractivity contribution is -0.0541. The molecule has 2 atom stereocenters. The van der Waals surface area contributed by atoms with Crippen molar-refractivity contribution in [2.75, 3.05) is 6.54 Å². The quantitative estimate of drug-likeness (QED) is 0.852. The molecular formula is C13H23N3O. The van der Waals surface area contributed by atoms with Gasteiger partial charge in [-0.1, -0.05) is 20.8 Å². The fourth-order valence-corrected chi connectivity index (χ4v) is 2.42. The van der Waals surface area contributed by atoms with E-state index >= 15 is 0 Å². The summed E-state index contributed by atoms with van der Waals surface area (Å²) < 4.78 is 7.89. The molecule has 1 saturated carbocycles. The normalized spacial score (nSPS) is 26.6. The maximum Gasteiger partial charge on any atom is 0.157 e. The maximum absolute atomic E-state index is 6.00. The van der Waals surface area contributed by atoms with E-state index in [0.717, 1.165) is 25.3 Å². The second-order valence-corrected chi connectivity index (χ2v) is 5.31. The average molecular weight is 237 g/mol. The molecule has 1 fully saturated rings. The molecule has 17 heavy (non-hydrogen) atoms. The molecule has 1 aromatic rings. The first-order valence-electron chi connectivity index (χ1n) is 6.50. The predicted octanol–water partition coefficient (Wildman–Crippen LogP) is 2.06. The van der Waals surface area contributed by atoms with Crippen LogP contribution in [0.15, 0.2) is 12.4 Å². The molecule has 1 N–H and O–H groups in total. The van der Waals surface area contributed by atoms with Crippen LogP contribution in [0.4, 0.5) is 0 Å². The van der Waals surface area contributed by atoms with Gasteiger partial charge in [0.25, 0.3) is 0 Å². The molecule has 4 nitrogen and oxygen atoms in total. The van der Waals surface area contributed by atoms with Crippen LogP contribution in [0.3, 0.4) is 0 Å². The van der Waals surface area contributed by atoms with E-state index in [2.05, 4.69) is 38.1 Å². The second-order valence-electron chi connectivity index (χ2n) is 5.31. The molecule has 0 bridgehead atoms. The molecule has 1 heterocycles. The van der Waals surface area contributed by atoms with E-state index < -0.39 is 0 Å². The summed E-state index contributed by atoms with van der Waals surface area (Å²) in [5, 5.41) is 7.73. The highest BCUT2D eigenvalue weighted by molar-refractivity contribution is 5.15. The summed E-state index contributed by atoms with van der Waals surface area (Å²) >= 11 is 0. The van der Waals surface area contributed by atoms with Gasteiger partial charge in [-0.15, -0.1) is 0 Å². The van der Waals surface area contributed by atoms with E-state index in [1.807, 2.05) is 10.9 Å². The van der Waals surface area contributed by atoms with E-state index in [0.29, 0.717) is 12.1 Å². The number of nitrogens with one attached hydrogen (secondary N) is 1. The summed E-state index contributed by atoms with van der Waals surface area (Å²) in [7, 11) is 0. The second kappa shape index (κ2) is 4.69. The fraction of sp³-hybridized carbons (Fsp3) is 0.769. The van der Waals surface area contributed by atoms with Gasteiger partial charge in [0.1, 0.15) is 6.10 Å². The van der Waals surface area contributed by atoms with Gasteiger partial charge in [0.15, 0.2) is 5.75 Å². The van der Waals surface area contributed by atoms with Gasteiger partial charge in [0.05, 0.1) is 12.4 Å². The Morgan fingerprint density at radius 3 is 2.82 bits per heavy atom.